The molecule has 0 aromatic carbocycles. The lowest BCUT2D eigenvalue weighted by Gasteiger charge is -2.25. The van der Waals surface area contributed by atoms with E-state index in [1.165, 1.54) is 0 Å². The Morgan fingerprint density at radius 3 is 2.95 bits per heavy atom. The van der Waals surface area contributed by atoms with Crippen molar-refractivity contribution in [1.82, 2.24) is 14.4 Å². The highest BCUT2D eigenvalue weighted by atomic mass is 79.9. The van der Waals surface area contributed by atoms with Gasteiger partial charge in [-0.2, -0.15) is 0 Å². The van der Waals surface area contributed by atoms with E-state index in [0.29, 0.717) is 18.3 Å². The second-order valence-corrected chi connectivity index (χ2v) is 6.33. The zero-order chi connectivity index (χ0) is 14.0. The number of anilines is 1. The highest BCUT2D eigenvalue weighted by molar-refractivity contribution is 9.10. The fourth-order valence-corrected chi connectivity index (χ4v) is 2.64. The lowest BCUT2D eigenvalue weighted by Crippen LogP contribution is -2.35. The van der Waals surface area contributed by atoms with Gasteiger partial charge in [-0.3, -0.25) is 0 Å². The Labute approximate surface area is 121 Å². The SMILES string of the molecule is CC(C)CC(C)(O)CNc1nc(Br)cn2ccnc12. The first kappa shape index (κ1) is 14.3. The number of aliphatic hydroxyl groups is 1. The van der Waals surface area contributed by atoms with E-state index >= 15 is 0 Å². The van der Waals surface area contributed by atoms with Crippen LogP contribution in [0.2, 0.25) is 0 Å². The zero-order valence-electron chi connectivity index (χ0n) is 11.4. The van der Waals surface area contributed by atoms with Crippen LogP contribution in [-0.2, 0) is 0 Å². The van der Waals surface area contributed by atoms with Crippen LogP contribution in [0.4, 0.5) is 5.82 Å². The Kier molecular flexibility index (Phi) is 4.10. The fourth-order valence-electron chi connectivity index (χ4n) is 2.25. The molecular formula is C13H19BrN4O. The van der Waals surface area contributed by atoms with Crippen molar-refractivity contribution in [2.75, 3.05) is 11.9 Å². The number of imidazole rings is 1. The van der Waals surface area contributed by atoms with Crippen LogP contribution in [0.5, 0.6) is 0 Å². The second-order valence-electron chi connectivity index (χ2n) is 5.52. The predicted octanol–water partition coefficient (Wildman–Crippen LogP) is 2.70. The average molecular weight is 327 g/mol. The van der Waals surface area contributed by atoms with Gasteiger partial charge < -0.3 is 14.8 Å². The third-order valence-corrected chi connectivity index (χ3v) is 3.21. The van der Waals surface area contributed by atoms with Crippen molar-refractivity contribution in [3.63, 3.8) is 0 Å². The van der Waals surface area contributed by atoms with E-state index < -0.39 is 5.60 Å². The zero-order valence-corrected chi connectivity index (χ0v) is 13.0. The first-order valence-electron chi connectivity index (χ1n) is 6.33. The topological polar surface area (TPSA) is 62.5 Å². The molecule has 6 heteroatoms. The molecule has 0 bridgehead atoms. The first-order valence-corrected chi connectivity index (χ1v) is 7.12. The number of fused-ring (bicyclic) bond motifs is 1. The minimum absolute atomic E-state index is 0.442. The lowest BCUT2D eigenvalue weighted by atomic mass is 9.94. The van der Waals surface area contributed by atoms with Crippen LogP contribution >= 0.6 is 15.9 Å². The van der Waals surface area contributed by atoms with E-state index in [1.807, 2.05) is 23.7 Å². The van der Waals surface area contributed by atoms with Crippen molar-refractivity contribution < 1.29 is 5.11 Å². The van der Waals surface area contributed by atoms with Gasteiger partial charge in [-0.15, -0.1) is 0 Å². The Morgan fingerprint density at radius 2 is 2.26 bits per heavy atom. The quantitative estimate of drug-likeness (QED) is 0.886. The van der Waals surface area contributed by atoms with Crippen LogP contribution in [0.1, 0.15) is 27.2 Å². The first-order chi connectivity index (χ1) is 8.87. The summed E-state index contributed by atoms with van der Waals surface area (Å²) in [6.45, 7) is 6.47. The van der Waals surface area contributed by atoms with Crippen molar-refractivity contribution in [3.05, 3.63) is 23.2 Å². The minimum Gasteiger partial charge on any atom is -0.388 e. The number of nitrogens with zero attached hydrogens (tertiary/aromatic N) is 3. The summed E-state index contributed by atoms with van der Waals surface area (Å²) in [5, 5.41) is 13.5. The van der Waals surface area contributed by atoms with Crippen LogP contribution in [0.15, 0.2) is 23.2 Å². The Morgan fingerprint density at radius 1 is 1.53 bits per heavy atom. The molecule has 0 amide bonds. The molecule has 19 heavy (non-hydrogen) atoms. The summed E-state index contributed by atoms with van der Waals surface area (Å²) in [6.07, 6.45) is 6.17. The summed E-state index contributed by atoms with van der Waals surface area (Å²) >= 11 is 3.37. The summed E-state index contributed by atoms with van der Waals surface area (Å²) in [6, 6.07) is 0. The second kappa shape index (κ2) is 5.46. The number of rotatable bonds is 5. The number of aromatic nitrogens is 3. The van der Waals surface area contributed by atoms with Gasteiger partial charge >= 0.3 is 0 Å². The van der Waals surface area contributed by atoms with Crippen molar-refractivity contribution >= 4 is 27.4 Å². The van der Waals surface area contributed by atoms with E-state index in [9.17, 15) is 5.11 Å². The molecule has 104 valence electrons. The molecule has 0 saturated heterocycles. The van der Waals surface area contributed by atoms with Gasteiger partial charge in [0.15, 0.2) is 11.5 Å². The molecule has 0 spiro atoms. The molecule has 2 heterocycles. The molecule has 0 aliphatic rings. The van der Waals surface area contributed by atoms with Crippen LogP contribution in [0.25, 0.3) is 5.65 Å². The number of hydrogen-bond acceptors (Lipinski definition) is 4. The van der Waals surface area contributed by atoms with Gasteiger partial charge in [0.25, 0.3) is 0 Å². The Balaban J connectivity index is 2.15. The molecule has 0 fully saturated rings. The summed E-state index contributed by atoms with van der Waals surface area (Å²) in [4.78, 5) is 8.62. The highest BCUT2D eigenvalue weighted by Crippen LogP contribution is 2.20. The van der Waals surface area contributed by atoms with Crippen LogP contribution in [0.3, 0.4) is 0 Å². The highest BCUT2D eigenvalue weighted by Gasteiger charge is 2.22. The molecule has 0 aliphatic heterocycles. The van der Waals surface area contributed by atoms with E-state index in [-0.39, 0.29) is 0 Å². The van der Waals surface area contributed by atoms with Gasteiger partial charge in [-0.05, 0) is 35.2 Å². The maximum Gasteiger partial charge on any atom is 0.180 e. The molecule has 1 atom stereocenters. The molecule has 2 N–H and O–H groups in total. The van der Waals surface area contributed by atoms with Gasteiger partial charge in [0.1, 0.15) is 4.60 Å². The third-order valence-electron chi connectivity index (χ3n) is 2.83. The van der Waals surface area contributed by atoms with E-state index in [4.69, 9.17) is 0 Å². The standard InChI is InChI=1S/C13H19BrN4O/c1-9(2)6-13(3,19)8-16-11-12-15-4-5-18(12)7-10(14)17-11/h4-5,7,9,19H,6,8H2,1-3H3,(H,16,17). The van der Waals surface area contributed by atoms with Gasteiger partial charge in [0.05, 0.1) is 5.60 Å². The van der Waals surface area contributed by atoms with Crippen molar-refractivity contribution in [2.45, 2.75) is 32.8 Å². The van der Waals surface area contributed by atoms with Gasteiger partial charge in [-0.25, -0.2) is 9.97 Å². The summed E-state index contributed by atoms with van der Waals surface area (Å²) in [7, 11) is 0. The van der Waals surface area contributed by atoms with Gasteiger partial charge in [0.2, 0.25) is 0 Å². The van der Waals surface area contributed by atoms with Crippen LogP contribution in [-0.4, -0.2) is 31.6 Å². The van der Waals surface area contributed by atoms with Gasteiger partial charge in [-0.1, -0.05) is 13.8 Å². The molecule has 0 saturated carbocycles. The molecule has 5 nitrogen and oxygen atoms in total. The number of nitrogens with one attached hydrogen (secondary N) is 1. The maximum absolute atomic E-state index is 10.3. The summed E-state index contributed by atoms with van der Waals surface area (Å²) in [5.74, 6) is 1.11. The molecule has 0 aliphatic carbocycles. The van der Waals surface area contributed by atoms with Gasteiger partial charge in [0, 0.05) is 25.1 Å². The van der Waals surface area contributed by atoms with Crippen molar-refractivity contribution in [2.24, 2.45) is 5.92 Å². The van der Waals surface area contributed by atoms with E-state index in [1.54, 1.807) is 6.20 Å². The van der Waals surface area contributed by atoms with Crippen LogP contribution in [0, 0.1) is 5.92 Å². The summed E-state index contributed by atoms with van der Waals surface area (Å²) < 4.78 is 2.61. The average Bonchev–Trinajstić information content (AvgIpc) is 2.71. The Bertz CT molecular complexity index is 565. The summed E-state index contributed by atoms with van der Waals surface area (Å²) in [5.41, 5.74) is -0.00887. The Hall–Kier alpha value is -1.14. The van der Waals surface area contributed by atoms with E-state index in [2.05, 4.69) is 45.1 Å². The van der Waals surface area contributed by atoms with E-state index in [0.717, 1.165) is 16.7 Å². The number of halogens is 1. The normalized spacial score (nSPS) is 14.8. The monoisotopic (exact) mass is 326 g/mol. The smallest absolute Gasteiger partial charge is 0.180 e. The molecule has 2 aromatic rings. The fraction of sp³-hybridized carbons (Fsp3) is 0.538. The third kappa shape index (κ3) is 3.67. The number of hydrogen-bond donors (Lipinski definition) is 2. The molecule has 0 radical (unpaired) electrons. The molecular weight excluding hydrogens is 308 g/mol. The maximum atomic E-state index is 10.3. The molecule has 1 unspecified atom stereocenters. The minimum atomic E-state index is -0.762. The van der Waals surface area contributed by atoms with Crippen molar-refractivity contribution in [3.8, 4) is 0 Å². The molecule has 2 aromatic heterocycles. The largest absolute Gasteiger partial charge is 0.388 e. The lowest BCUT2D eigenvalue weighted by molar-refractivity contribution is 0.0515. The predicted molar refractivity (Wildman–Crippen MR) is 79.3 cm³/mol. The molecule has 2 rings (SSSR count). The van der Waals surface area contributed by atoms with Crippen LogP contribution < -0.4 is 5.32 Å². The van der Waals surface area contributed by atoms with Crippen molar-refractivity contribution in [1.29, 1.82) is 0 Å².